The zero-order valence-electron chi connectivity index (χ0n) is 12.5. The van der Waals surface area contributed by atoms with Gasteiger partial charge in [0, 0.05) is 12.5 Å². The van der Waals surface area contributed by atoms with Crippen molar-refractivity contribution in [1.82, 2.24) is 5.32 Å². The first-order valence-corrected chi connectivity index (χ1v) is 7.70. The molecule has 0 aliphatic heterocycles. The molecular formula is C17H25NO2. The van der Waals surface area contributed by atoms with E-state index in [0.29, 0.717) is 25.0 Å². The molecule has 20 heavy (non-hydrogen) atoms. The van der Waals surface area contributed by atoms with Gasteiger partial charge in [0.25, 0.3) is 0 Å². The summed E-state index contributed by atoms with van der Waals surface area (Å²) in [4.78, 5) is 11.3. The van der Waals surface area contributed by atoms with E-state index in [1.54, 1.807) is 0 Å². The van der Waals surface area contributed by atoms with E-state index >= 15 is 0 Å². The molecule has 0 spiro atoms. The highest BCUT2D eigenvalue weighted by Gasteiger charge is 2.23. The molecule has 2 atom stereocenters. The van der Waals surface area contributed by atoms with Crippen LogP contribution in [-0.2, 0) is 9.53 Å². The number of carbonyl (C=O) groups excluding carboxylic acids is 1. The van der Waals surface area contributed by atoms with E-state index in [2.05, 4.69) is 36.5 Å². The second-order valence-corrected chi connectivity index (χ2v) is 5.52. The molecule has 1 N–H and O–H groups in total. The van der Waals surface area contributed by atoms with Crippen molar-refractivity contribution in [1.29, 1.82) is 0 Å². The SMILES string of the molecule is CCOC(=O)CCCNC1CCC(C)c2ccccc21. The predicted molar refractivity (Wildman–Crippen MR) is 80.7 cm³/mol. The average Bonchev–Trinajstić information content (AvgIpc) is 2.46. The van der Waals surface area contributed by atoms with Crippen LogP contribution in [0.3, 0.4) is 0 Å². The maximum atomic E-state index is 11.3. The Hall–Kier alpha value is -1.35. The van der Waals surface area contributed by atoms with E-state index in [1.165, 1.54) is 24.0 Å². The number of hydrogen-bond donors (Lipinski definition) is 1. The molecule has 0 fully saturated rings. The molecule has 0 aromatic heterocycles. The van der Waals surface area contributed by atoms with E-state index in [0.717, 1.165) is 13.0 Å². The molecule has 0 saturated carbocycles. The van der Waals surface area contributed by atoms with Gasteiger partial charge in [0.15, 0.2) is 0 Å². The Labute approximate surface area is 121 Å². The average molecular weight is 275 g/mol. The fourth-order valence-corrected chi connectivity index (χ4v) is 2.96. The van der Waals surface area contributed by atoms with Crippen molar-refractivity contribution in [3.8, 4) is 0 Å². The van der Waals surface area contributed by atoms with Crippen LogP contribution in [-0.4, -0.2) is 19.1 Å². The zero-order valence-corrected chi connectivity index (χ0v) is 12.5. The van der Waals surface area contributed by atoms with Crippen LogP contribution in [0.25, 0.3) is 0 Å². The minimum atomic E-state index is -0.0908. The zero-order chi connectivity index (χ0) is 14.4. The lowest BCUT2D eigenvalue weighted by Gasteiger charge is -2.30. The highest BCUT2D eigenvalue weighted by molar-refractivity contribution is 5.69. The van der Waals surface area contributed by atoms with Gasteiger partial charge in [0.2, 0.25) is 0 Å². The molecule has 1 aromatic carbocycles. The summed E-state index contributed by atoms with van der Waals surface area (Å²) in [6.45, 7) is 5.48. The maximum absolute atomic E-state index is 11.3. The molecule has 1 aliphatic carbocycles. The van der Waals surface area contributed by atoms with E-state index in [-0.39, 0.29) is 5.97 Å². The number of fused-ring (bicyclic) bond motifs is 1. The summed E-state index contributed by atoms with van der Waals surface area (Å²) < 4.78 is 4.94. The maximum Gasteiger partial charge on any atom is 0.305 e. The molecule has 3 nitrogen and oxygen atoms in total. The third-order valence-corrected chi connectivity index (χ3v) is 4.04. The van der Waals surface area contributed by atoms with Gasteiger partial charge in [-0.1, -0.05) is 31.2 Å². The lowest BCUT2D eigenvalue weighted by atomic mass is 9.81. The molecule has 1 aliphatic rings. The van der Waals surface area contributed by atoms with Crippen molar-refractivity contribution >= 4 is 5.97 Å². The Balaban J connectivity index is 1.82. The Morgan fingerprint density at radius 2 is 2.05 bits per heavy atom. The van der Waals surface area contributed by atoms with Gasteiger partial charge in [-0.15, -0.1) is 0 Å². The van der Waals surface area contributed by atoms with E-state index < -0.39 is 0 Å². The molecule has 0 bridgehead atoms. The first-order chi connectivity index (χ1) is 9.72. The van der Waals surface area contributed by atoms with Crippen molar-refractivity contribution in [2.75, 3.05) is 13.2 Å². The fourth-order valence-electron chi connectivity index (χ4n) is 2.96. The molecule has 2 unspecified atom stereocenters. The first-order valence-electron chi connectivity index (χ1n) is 7.70. The van der Waals surface area contributed by atoms with Crippen LogP contribution >= 0.6 is 0 Å². The second kappa shape index (κ2) is 7.44. The van der Waals surface area contributed by atoms with Crippen molar-refractivity contribution in [3.05, 3.63) is 35.4 Å². The second-order valence-electron chi connectivity index (χ2n) is 5.52. The van der Waals surface area contributed by atoms with Crippen molar-refractivity contribution in [2.45, 2.75) is 51.5 Å². The molecular weight excluding hydrogens is 250 g/mol. The van der Waals surface area contributed by atoms with Gasteiger partial charge < -0.3 is 10.1 Å². The topological polar surface area (TPSA) is 38.3 Å². The Kier molecular flexibility index (Phi) is 5.60. The van der Waals surface area contributed by atoms with Gasteiger partial charge in [-0.3, -0.25) is 4.79 Å². The highest BCUT2D eigenvalue weighted by Crippen LogP contribution is 2.36. The normalized spacial score (nSPS) is 21.3. The van der Waals surface area contributed by atoms with Crippen LogP contribution < -0.4 is 5.32 Å². The van der Waals surface area contributed by atoms with Crippen LogP contribution in [0, 0.1) is 0 Å². The standard InChI is InChI=1S/C17H25NO2/c1-3-20-17(19)9-6-12-18-16-11-10-13(2)14-7-4-5-8-15(14)16/h4-5,7-8,13,16,18H,3,6,9-12H2,1-2H3. The summed E-state index contributed by atoms with van der Waals surface area (Å²) in [5.41, 5.74) is 2.91. The van der Waals surface area contributed by atoms with Gasteiger partial charge in [-0.25, -0.2) is 0 Å². The lowest BCUT2D eigenvalue weighted by molar-refractivity contribution is -0.143. The molecule has 110 valence electrons. The van der Waals surface area contributed by atoms with E-state index in [9.17, 15) is 4.79 Å². The van der Waals surface area contributed by atoms with E-state index in [1.807, 2.05) is 6.92 Å². The van der Waals surface area contributed by atoms with Gasteiger partial charge in [0.1, 0.15) is 0 Å². The van der Waals surface area contributed by atoms with Crippen molar-refractivity contribution < 1.29 is 9.53 Å². The monoisotopic (exact) mass is 275 g/mol. The van der Waals surface area contributed by atoms with Crippen molar-refractivity contribution in [3.63, 3.8) is 0 Å². The number of rotatable bonds is 6. The lowest BCUT2D eigenvalue weighted by Crippen LogP contribution is -2.27. The highest BCUT2D eigenvalue weighted by atomic mass is 16.5. The van der Waals surface area contributed by atoms with Crippen LogP contribution in [0.2, 0.25) is 0 Å². The number of hydrogen-bond acceptors (Lipinski definition) is 3. The molecule has 0 saturated heterocycles. The van der Waals surface area contributed by atoms with Gasteiger partial charge in [0.05, 0.1) is 6.61 Å². The number of esters is 1. The summed E-state index contributed by atoms with van der Waals surface area (Å²) in [6.07, 6.45) is 3.75. The van der Waals surface area contributed by atoms with Gasteiger partial charge in [-0.2, -0.15) is 0 Å². The van der Waals surface area contributed by atoms with Crippen LogP contribution in [0.4, 0.5) is 0 Å². The van der Waals surface area contributed by atoms with Crippen LogP contribution in [0.15, 0.2) is 24.3 Å². The van der Waals surface area contributed by atoms with Gasteiger partial charge >= 0.3 is 5.97 Å². The molecule has 2 rings (SSSR count). The van der Waals surface area contributed by atoms with Crippen molar-refractivity contribution in [2.24, 2.45) is 0 Å². The molecule has 1 aromatic rings. The third kappa shape index (κ3) is 3.83. The van der Waals surface area contributed by atoms with Crippen LogP contribution in [0.5, 0.6) is 0 Å². The number of ether oxygens (including phenoxy) is 1. The fraction of sp³-hybridized carbons (Fsp3) is 0.588. The molecule has 3 heteroatoms. The first kappa shape index (κ1) is 15.0. The van der Waals surface area contributed by atoms with E-state index in [4.69, 9.17) is 4.74 Å². The molecule has 0 amide bonds. The smallest absolute Gasteiger partial charge is 0.305 e. The van der Waals surface area contributed by atoms with Gasteiger partial charge in [-0.05, 0) is 49.8 Å². The minimum absolute atomic E-state index is 0.0908. The van der Waals surface area contributed by atoms with Crippen LogP contribution in [0.1, 0.15) is 62.6 Å². The Bertz CT molecular complexity index is 444. The Morgan fingerprint density at radius 1 is 1.30 bits per heavy atom. The third-order valence-electron chi connectivity index (χ3n) is 4.04. The molecule has 0 heterocycles. The number of benzene rings is 1. The quantitative estimate of drug-likeness (QED) is 0.637. The summed E-state index contributed by atoms with van der Waals surface area (Å²) in [6, 6.07) is 9.15. The minimum Gasteiger partial charge on any atom is -0.466 e. The molecule has 0 radical (unpaired) electrons. The number of nitrogens with one attached hydrogen (secondary N) is 1. The number of carbonyl (C=O) groups is 1. The summed E-state index contributed by atoms with van der Waals surface area (Å²) >= 11 is 0. The summed E-state index contributed by atoms with van der Waals surface area (Å²) in [5.74, 6) is 0.566. The summed E-state index contributed by atoms with van der Waals surface area (Å²) in [7, 11) is 0. The Morgan fingerprint density at radius 3 is 2.80 bits per heavy atom. The largest absolute Gasteiger partial charge is 0.466 e. The predicted octanol–water partition coefficient (Wildman–Crippen LogP) is 3.56. The summed E-state index contributed by atoms with van der Waals surface area (Å²) in [5, 5.41) is 3.59.